The Labute approximate surface area is 194 Å². The Morgan fingerprint density at radius 2 is 1.82 bits per heavy atom. The molecule has 2 aromatic carbocycles. The molecule has 0 aliphatic carbocycles. The fraction of sp³-hybridized carbons (Fsp3) is 0.400. The number of rotatable bonds is 9. The number of benzene rings is 2. The van der Waals surface area contributed by atoms with Crippen LogP contribution in [-0.4, -0.2) is 66.2 Å². The van der Waals surface area contributed by atoms with Gasteiger partial charge in [-0.05, 0) is 51.7 Å². The highest BCUT2D eigenvalue weighted by Crippen LogP contribution is 2.29. The van der Waals surface area contributed by atoms with Gasteiger partial charge in [0.15, 0.2) is 5.76 Å². The molecule has 33 heavy (non-hydrogen) atoms. The number of hydrogen-bond donors (Lipinski definition) is 0. The number of nitro groups is 1. The van der Waals surface area contributed by atoms with Gasteiger partial charge in [-0.3, -0.25) is 19.9 Å². The van der Waals surface area contributed by atoms with Gasteiger partial charge in [0, 0.05) is 44.0 Å². The van der Waals surface area contributed by atoms with Crippen molar-refractivity contribution in [3.05, 3.63) is 76.0 Å². The maximum absolute atomic E-state index is 11.3. The van der Waals surface area contributed by atoms with Crippen molar-refractivity contribution in [2.24, 2.45) is 0 Å². The summed E-state index contributed by atoms with van der Waals surface area (Å²) >= 11 is 0. The van der Waals surface area contributed by atoms with Gasteiger partial charge >= 0.3 is 0 Å². The Hall–Kier alpha value is -3.23. The molecule has 174 valence electrons. The van der Waals surface area contributed by atoms with E-state index in [1.807, 2.05) is 0 Å². The Morgan fingerprint density at radius 3 is 2.55 bits per heavy atom. The van der Waals surface area contributed by atoms with Crippen molar-refractivity contribution in [1.29, 1.82) is 0 Å². The van der Waals surface area contributed by atoms with Crippen molar-refractivity contribution in [2.75, 3.05) is 51.2 Å². The van der Waals surface area contributed by atoms with E-state index in [1.54, 1.807) is 24.3 Å². The van der Waals surface area contributed by atoms with Crippen molar-refractivity contribution in [3.63, 3.8) is 0 Å². The van der Waals surface area contributed by atoms with Crippen molar-refractivity contribution < 1.29 is 9.45 Å². The van der Waals surface area contributed by atoms with Crippen LogP contribution >= 0.6 is 0 Å². The van der Waals surface area contributed by atoms with Gasteiger partial charge in [-0.2, -0.15) is 0 Å². The van der Waals surface area contributed by atoms with Crippen LogP contribution in [-0.2, 0) is 6.54 Å². The number of nitrogens with zero attached hydrogens (tertiary/aromatic N) is 5. The highest BCUT2D eigenvalue weighted by Gasteiger charge is 2.19. The van der Waals surface area contributed by atoms with Crippen molar-refractivity contribution in [1.82, 2.24) is 15.0 Å². The van der Waals surface area contributed by atoms with Gasteiger partial charge in [-0.15, -0.1) is 0 Å². The first-order valence-electron chi connectivity index (χ1n) is 11.4. The molecule has 2 heterocycles. The van der Waals surface area contributed by atoms with Crippen LogP contribution in [0.5, 0.6) is 0 Å². The summed E-state index contributed by atoms with van der Waals surface area (Å²) in [5.41, 5.74) is 3.62. The third kappa shape index (κ3) is 5.97. The first-order chi connectivity index (χ1) is 16.0. The number of nitro benzene ring substituents is 1. The summed E-state index contributed by atoms with van der Waals surface area (Å²) in [6, 6.07) is 17.2. The first kappa shape index (κ1) is 22.9. The zero-order valence-corrected chi connectivity index (χ0v) is 19.3. The molecule has 0 unspecified atom stereocenters. The molecular weight excluding hydrogens is 418 g/mol. The summed E-state index contributed by atoms with van der Waals surface area (Å²) in [5.74, 6) is 0.706. The number of hydrogen-bond acceptors (Lipinski definition) is 7. The van der Waals surface area contributed by atoms with E-state index in [9.17, 15) is 10.1 Å². The molecule has 4 rings (SSSR count). The molecule has 8 heteroatoms. The van der Waals surface area contributed by atoms with E-state index in [0.29, 0.717) is 23.6 Å². The van der Waals surface area contributed by atoms with Crippen LogP contribution in [0.2, 0.25) is 0 Å². The lowest BCUT2D eigenvalue weighted by molar-refractivity contribution is -0.384. The minimum absolute atomic E-state index is 0.0354. The lowest BCUT2D eigenvalue weighted by Crippen LogP contribution is -2.47. The number of para-hydroxylation sites is 1. The zero-order valence-electron chi connectivity index (χ0n) is 19.3. The normalized spacial score (nSPS) is 14.7. The van der Waals surface area contributed by atoms with Crippen LogP contribution in [0.25, 0.3) is 11.3 Å². The lowest BCUT2D eigenvalue weighted by atomic mass is 10.1. The highest BCUT2D eigenvalue weighted by molar-refractivity contribution is 5.70. The maximum atomic E-state index is 11.3. The van der Waals surface area contributed by atoms with E-state index >= 15 is 0 Å². The summed E-state index contributed by atoms with van der Waals surface area (Å²) < 4.78 is 5.45. The average molecular weight is 450 g/mol. The Balaban J connectivity index is 1.21. The first-order valence-corrected chi connectivity index (χ1v) is 11.4. The predicted octanol–water partition coefficient (Wildman–Crippen LogP) is 4.20. The van der Waals surface area contributed by atoms with Crippen LogP contribution < -0.4 is 4.90 Å². The summed E-state index contributed by atoms with van der Waals surface area (Å²) in [5, 5.41) is 15.3. The van der Waals surface area contributed by atoms with Crippen molar-refractivity contribution in [2.45, 2.75) is 19.9 Å². The third-order valence-corrected chi connectivity index (χ3v) is 6.15. The average Bonchev–Trinajstić information content (AvgIpc) is 3.28. The molecule has 0 bridgehead atoms. The SMILES string of the molecule is Cc1ccc(N2CCN(CCCN(C)Cc3cc(-c4ccccc4[N+](=O)[O-])no3)CC2)cc1. The van der Waals surface area contributed by atoms with Gasteiger partial charge < -0.3 is 9.42 Å². The smallest absolute Gasteiger partial charge is 0.278 e. The number of aryl methyl sites for hydroxylation is 1. The molecular formula is C25H31N5O3. The molecule has 0 saturated carbocycles. The molecule has 0 N–H and O–H groups in total. The quantitative estimate of drug-likeness (QED) is 0.358. The minimum Gasteiger partial charge on any atom is -0.369 e. The zero-order chi connectivity index (χ0) is 23.2. The molecule has 1 aliphatic rings. The van der Waals surface area contributed by atoms with E-state index in [4.69, 9.17) is 4.52 Å². The van der Waals surface area contributed by atoms with Gasteiger partial charge in [0.25, 0.3) is 5.69 Å². The number of aromatic nitrogens is 1. The third-order valence-electron chi connectivity index (χ3n) is 6.15. The van der Waals surface area contributed by atoms with Crippen molar-refractivity contribution in [3.8, 4) is 11.3 Å². The standard InChI is InChI=1S/C25H31N5O3/c1-20-8-10-21(11-9-20)29-16-14-28(15-17-29)13-5-12-27(2)19-22-18-24(26-33-22)23-6-3-4-7-25(23)30(31)32/h3-4,6-11,18H,5,12-17,19H2,1-2H3. The molecule has 1 fully saturated rings. The number of anilines is 1. The largest absolute Gasteiger partial charge is 0.369 e. The number of piperazine rings is 1. The second-order valence-electron chi connectivity index (χ2n) is 8.71. The Morgan fingerprint density at radius 1 is 1.09 bits per heavy atom. The molecule has 0 atom stereocenters. The van der Waals surface area contributed by atoms with Crippen LogP contribution in [0.1, 0.15) is 17.7 Å². The molecule has 0 spiro atoms. The van der Waals surface area contributed by atoms with Crippen LogP contribution in [0.3, 0.4) is 0 Å². The topological polar surface area (TPSA) is 78.9 Å². The van der Waals surface area contributed by atoms with Gasteiger partial charge in [-0.25, -0.2) is 0 Å². The molecule has 8 nitrogen and oxygen atoms in total. The monoisotopic (exact) mass is 449 g/mol. The fourth-order valence-corrected chi connectivity index (χ4v) is 4.26. The molecule has 1 aromatic heterocycles. The molecule has 1 aliphatic heterocycles. The lowest BCUT2D eigenvalue weighted by Gasteiger charge is -2.36. The molecule has 1 saturated heterocycles. The van der Waals surface area contributed by atoms with E-state index < -0.39 is 4.92 Å². The maximum Gasteiger partial charge on any atom is 0.278 e. The van der Waals surface area contributed by atoms with Gasteiger partial charge in [-0.1, -0.05) is 35.0 Å². The summed E-state index contributed by atoms with van der Waals surface area (Å²) in [6.07, 6.45) is 1.08. The van der Waals surface area contributed by atoms with Crippen molar-refractivity contribution >= 4 is 11.4 Å². The summed E-state index contributed by atoms with van der Waals surface area (Å²) in [7, 11) is 2.06. The second kappa shape index (κ2) is 10.6. The molecule has 0 radical (unpaired) electrons. The summed E-state index contributed by atoms with van der Waals surface area (Å²) in [4.78, 5) is 18.1. The van der Waals surface area contributed by atoms with E-state index in [-0.39, 0.29) is 5.69 Å². The van der Waals surface area contributed by atoms with Crippen LogP contribution in [0.15, 0.2) is 59.1 Å². The van der Waals surface area contributed by atoms with Gasteiger partial charge in [0.1, 0.15) is 5.69 Å². The van der Waals surface area contributed by atoms with E-state index in [2.05, 4.69) is 58.1 Å². The van der Waals surface area contributed by atoms with Gasteiger partial charge in [0.2, 0.25) is 0 Å². The van der Waals surface area contributed by atoms with E-state index in [0.717, 1.165) is 45.7 Å². The van der Waals surface area contributed by atoms with E-state index in [1.165, 1.54) is 17.3 Å². The predicted molar refractivity (Wildman–Crippen MR) is 129 cm³/mol. The molecule has 0 amide bonds. The van der Waals surface area contributed by atoms with Crippen LogP contribution in [0, 0.1) is 17.0 Å². The minimum atomic E-state index is -0.392. The second-order valence-corrected chi connectivity index (χ2v) is 8.71. The fourth-order valence-electron chi connectivity index (χ4n) is 4.26. The Kier molecular flexibility index (Phi) is 7.36. The van der Waals surface area contributed by atoms with Gasteiger partial charge in [0.05, 0.1) is 17.0 Å². The van der Waals surface area contributed by atoms with Crippen LogP contribution in [0.4, 0.5) is 11.4 Å². The summed E-state index contributed by atoms with van der Waals surface area (Å²) in [6.45, 7) is 9.04. The molecule has 3 aromatic rings. The Bertz CT molecular complexity index is 1060. The highest BCUT2D eigenvalue weighted by atomic mass is 16.6.